The Labute approximate surface area is 130 Å². The molecule has 0 radical (unpaired) electrons. The molecule has 0 fully saturated rings. The zero-order chi connectivity index (χ0) is 15.3. The van der Waals surface area contributed by atoms with Gasteiger partial charge in [-0.25, -0.2) is 8.42 Å². The molecular formula is C16H19ClO3S. The molecule has 1 unspecified atom stereocenters. The highest BCUT2D eigenvalue weighted by molar-refractivity contribution is 8.13. The lowest BCUT2D eigenvalue weighted by Gasteiger charge is -2.16. The summed E-state index contributed by atoms with van der Waals surface area (Å²) in [5.41, 5.74) is 0. The molecule has 2 rings (SSSR count). The normalized spacial score (nSPS) is 13.2. The summed E-state index contributed by atoms with van der Waals surface area (Å²) in [6, 6.07) is 13.8. The summed E-state index contributed by atoms with van der Waals surface area (Å²) in [4.78, 5) is 0. The standard InChI is InChI=1S/C16H19ClO3S/c1-2-6-13(12-21(17,18)19)11-20-16-10-5-8-14-7-3-4-9-15(14)16/h3-5,7-10,13H,2,6,11-12H2,1H3. The number of fused-ring (bicyclic) bond motifs is 1. The van der Waals surface area contributed by atoms with E-state index in [-0.39, 0.29) is 11.7 Å². The first-order valence-corrected chi connectivity index (χ1v) is 9.50. The number of ether oxygens (including phenoxy) is 1. The molecular weight excluding hydrogens is 308 g/mol. The van der Waals surface area contributed by atoms with Crippen LogP contribution in [-0.4, -0.2) is 20.8 Å². The molecule has 0 bridgehead atoms. The zero-order valence-electron chi connectivity index (χ0n) is 12.0. The minimum Gasteiger partial charge on any atom is -0.493 e. The van der Waals surface area contributed by atoms with Crippen LogP contribution < -0.4 is 4.74 Å². The number of hydrogen-bond donors (Lipinski definition) is 0. The van der Waals surface area contributed by atoms with Crippen molar-refractivity contribution in [1.29, 1.82) is 0 Å². The van der Waals surface area contributed by atoms with Gasteiger partial charge in [0, 0.05) is 22.0 Å². The van der Waals surface area contributed by atoms with Gasteiger partial charge in [0.1, 0.15) is 5.75 Å². The maximum atomic E-state index is 11.3. The summed E-state index contributed by atoms with van der Waals surface area (Å²) in [5, 5.41) is 2.14. The van der Waals surface area contributed by atoms with E-state index in [1.54, 1.807) is 0 Å². The highest BCUT2D eigenvalue weighted by Gasteiger charge is 2.17. The Morgan fingerprint density at radius 1 is 1.14 bits per heavy atom. The van der Waals surface area contributed by atoms with E-state index in [2.05, 4.69) is 0 Å². The second-order valence-corrected chi connectivity index (χ2v) is 7.97. The van der Waals surface area contributed by atoms with E-state index < -0.39 is 9.05 Å². The summed E-state index contributed by atoms with van der Waals surface area (Å²) in [6.07, 6.45) is 1.67. The van der Waals surface area contributed by atoms with Gasteiger partial charge in [0.2, 0.25) is 9.05 Å². The molecule has 0 N–H and O–H groups in total. The van der Waals surface area contributed by atoms with Crippen LogP contribution in [0.15, 0.2) is 42.5 Å². The molecule has 0 spiro atoms. The van der Waals surface area contributed by atoms with Crippen LogP contribution in [0.3, 0.4) is 0 Å². The van der Waals surface area contributed by atoms with E-state index in [1.165, 1.54) is 0 Å². The van der Waals surface area contributed by atoms with Gasteiger partial charge in [-0.1, -0.05) is 49.7 Å². The second-order valence-electron chi connectivity index (χ2n) is 5.15. The molecule has 0 saturated carbocycles. The lowest BCUT2D eigenvalue weighted by atomic mass is 10.1. The molecule has 2 aromatic rings. The fourth-order valence-electron chi connectivity index (χ4n) is 2.43. The molecule has 0 saturated heterocycles. The highest BCUT2D eigenvalue weighted by atomic mass is 35.7. The van der Waals surface area contributed by atoms with E-state index in [0.717, 1.165) is 29.4 Å². The van der Waals surface area contributed by atoms with Gasteiger partial charge >= 0.3 is 0 Å². The first-order valence-electron chi connectivity index (χ1n) is 7.02. The molecule has 1 atom stereocenters. The molecule has 5 heteroatoms. The Morgan fingerprint density at radius 2 is 1.86 bits per heavy atom. The first kappa shape index (κ1) is 16.1. The zero-order valence-corrected chi connectivity index (χ0v) is 13.5. The van der Waals surface area contributed by atoms with Gasteiger partial charge < -0.3 is 4.74 Å². The van der Waals surface area contributed by atoms with Crippen molar-refractivity contribution in [2.24, 2.45) is 5.92 Å². The third-order valence-electron chi connectivity index (χ3n) is 3.36. The monoisotopic (exact) mass is 326 g/mol. The van der Waals surface area contributed by atoms with Gasteiger partial charge in [0.25, 0.3) is 0 Å². The van der Waals surface area contributed by atoms with Gasteiger partial charge in [-0.3, -0.25) is 0 Å². The van der Waals surface area contributed by atoms with Gasteiger partial charge in [0.05, 0.1) is 12.4 Å². The van der Waals surface area contributed by atoms with Gasteiger partial charge in [-0.15, -0.1) is 0 Å². The summed E-state index contributed by atoms with van der Waals surface area (Å²) < 4.78 is 28.4. The van der Waals surface area contributed by atoms with E-state index in [4.69, 9.17) is 15.4 Å². The number of halogens is 1. The van der Waals surface area contributed by atoms with Gasteiger partial charge in [-0.05, 0) is 17.9 Å². The summed E-state index contributed by atoms with van der Waals surface area (Å²) in [6.45, 7) is 2.37. The number of benzene rings is 2. The molecule has 3 nitrogen and oxygen atoms in total. The van der Waals surface area contributed by atoms with Gasteiger partial charge in [0.15, 0.2) is 0 Å². The Balaban J connectivity index is 2.12. The van der Waals surface area contributed by atoms with Crippen molar-refractivity contribution in [2.75, 3.05) is 12.4 Å². The smallest absolute Gasteiger partial charge is 0.232 e. The summed E-state index contributed by atoms with van der Waals surface area (Å²) in [7, 11) is 1.86. The number of rotatable bonds is 7. The average Bonchev–Trinajstić information content (AvgIpc) is 2.43. The third-order valence-corrected chi connectivity index (χ3v) is 4.60. The van der Waals surface area contributed by atoms with Crippen molar-refractivity contribution < 1.29 is 13.2 Å². The minimum absolute atomic E-state index is 0.0485. The fourth-order valence-corrected chi connectivity index (χ4v) is 3.79. The van der Waals surface area contributed by atoms with Crippen molar-refractivity contribution in [2.45, 2.75) is 19.8 Å². The largest absolute Gasteiger partial charge is 0.493 e. The Morgan fingerprint density at radius 3 is 2.57 bits per heavy atom. The van der Waals surface area contributed by atoms with Crippen molar-refractivity contribution in [3.8, 4) is 5.75 Å². The fraction of sp³-hybridized carbons (Fsp3) is 0.375. The molecule has 0 amide bonds. The average molecular weight is 327 g/mol. The lowest BCUT2D eigenvalue weighted by molar-refractivity contribution is 0.255. The Hall–Kier alpha value is -1.26. The van der Waals surface area contributed by atoms with Crippen LogP contribution in [0.4, 0.5) is 0 Å². The molecule has 0 aliphatic carbocycles. The molecule has 21 heavy (non-hydrogen) atoms. The van der Waals surface area contributed by atoms with Crippen LogP contribution in [0.2, 0.25) is 0 Å². The minimum atomic E-state index is -3.50. The molecule has 114 valence electrons. The highest BCUT2D eigenvalue weighted by Crippen LogP contribution is 2.26. The van der Waals surface area contributed by atoms with Crippen molar-refractivity contribution >= 4 is 30.5 Å². The molecule has 0 aliphatic rings. The van der Waals surface area contributed by atoms with E-state index in [9.17, 15) is 8.42 Å². The molecule has 0 aromatic heterocycles. The SMILES string of the molecule is CCCC(COc1cccc2ccccc12)CS(=O)(=O)Cl. The summed E-state index contributed by atoms with van der Waals surface area (Å²) >= 11 is 0. The third kappa shape index (κ3) is 4.90. The topological polar surface area (TPSA) is 43.4 Å². The predicted octanol–water partition coefficient (Wildman–Crippen LogP) is 4.20. The van der Waals surface area contributed by atoms with Crippen LogP contribution >= 0.6 is 10.7 Å². The Bertz CT molecular complexity index is 692. The lowest BCUT2D eigenvalue weighted by Crippen LogP contribution is -2.19. The number of hydrogen-bond acceptors (Lipinski definition) is 3. The van der Waals surface area contributed by atoms with Crippen molar-refractivity contribution in [3.05, 3.63) is 42.5 Å². The van der Waals surface area contributed by atoms with E-state index in [1.807, 2.05) is 49.4 Å². The Kier molecular flexibility index (Phi) is 5.48. The second kappa shape index (κ2) is 7.14. The van der Waals surface area contributed by atoms with Crippen LogP contribution in [0.5, 0.6) is 5.75 Å². The van der Waals surface area contributed by atoms with Crippen LogP contribution in [0.25, 0.3) is 10.8 Å². The van der Waals surface area contributed by atoms with Crippen molar-refractivity contribution in [3.63, 3.8) is 0 Å². The van der Waals surface area contributed by atoms with Gasteiger partial charge in [-0.2, -0.15) is 0 Å². The van der Waals surface area contributed by atoms with Crippen molar-refractivity contribution in [1.82, 2.24) is 0 Å². The maximum Gasteiger partial charge on any atom is 0.232 e. The predicted molar refractivity (Wildman–Crippen MR) is 87.5 cm³/mol. The van der Waals surface area contributed by atoms with Crippen LogP contribution in [0.1, 0.15) is 19.8 Å². The van der Waals surface area contributed by atoms with Crippen LogP contribution in [0, 0.1) is 5.92 Å². The van der Waals surface area contributed by atoms with Crippen LogP contribution in [-0.2, 0) is 9.05 Å². The molecule has 0 heterocycles. The maximum absolute atomic E-state index is 11.3. The quantitative estimate of drug-likeness (QED) is 0.716. The molecule has 2 aromatic carbocycles. The van der Waals surface area contributed by atoms with E-state index in [0.29, 0.717) is 6.61 Å². The summed E-state index contributed by atoms with van der Waals surface area (Å²) in [5.74, 6) is 0.644. The first-order chi connectivity index (χ1) is 9.99. The van der Waals surface area contributed by atoms with E-state index >= 15 is 0 Å². The molecule has 0 aliphatic heterocycles.